The van der Waals surface area contributed by atoms with E-state index in [1.165, 1.54) is 5.56 Å². The van der Waals surface area contributed by atoms with Crippen LogP contribution < -0.4 is 0 Å². The van der Waals surface area contributed by atoms with Crippen molar-refractivity contribution in [3.8, 4) is 0 Å². The summed E-state index contributed by atoms with van der Waals surface area (Å²) >= 11 is 0. The standard InChI is InChI=1S/C15H19N3O/c1-19-11-15(8-9-15)14-16-12-17-18(14)10-7-13-5-3-2-4-6-13/h2-6,12H,7-11H2,1H3. The lowest BCUT2D eigenvalue weighted by Crippen LogP contribution is -2.21. The Hall–Kier alpha value is -1.68. The maximum absolute atomic E-state index is 5.33. The van der Waals surface area contributed by atoms with Gasteiger partial charge in [0.2, 0.25) is 0 Å². The van der Waals surface area contributed by atoms with E-state index in [4.69, 9.17) is 4.74 Å². The first kappa shape index (κ1) is 12.4. The van der Waals surface area contributed by atoms with Crippen molar-refractivity contribution in [1.29, 1.82) is 0 Å². The van der Waals surface area contributed by atoms with Crippen LogP contribution in [0.5, 0.6) is 0 Å². The third-order valence-corrected chi connectivity index (χ3v) is 3.82. The third-order valence-electron chi connectivity index (χ3n) is 3.82. The summed E-state index contributed by atoms with van der Waals surface area (Å²) in [6, 6.07) is 10.5. The minimum absolute atomic E-state index is 0.127. The number of aryl methyl sites for hydroxylation is 2. The second-order valence-electron chi connectivity index (χ2n) is 5.26. The van der Waals surface area contributed by atoms with E-state index in [2.05, 4.69) is 34.3 Å². The highest BCUT2D eigenvalue weighted by atomic mass is 16.5. The molecule has 0 spiro atoms. The molecule has 1 aromatic carbocycles. The monoisotopic (exact) mass is 257 g/mol. The minimum Gasteiger partial charge on any atom is -0.384 e. The van der Waals surface area contributed by atoms with E-state index in [-0.39, 0.29) is 5.41 Å². The fourth-order valence-electron chi connectivity index (χ4n) is 2.58. The van der Waals surface area contributed by atoms with Crippen LogP contribution >= 0.6 is 0 Å². The Labute approximate surface area is 113 Å². The van der Waals surface area contributed by atoms with Crippen LogP contribution in [0.4, 0.5) is 0 Å². The van der Waals surface area contributed by atoms with Crippen molar-refractivity contribution in [2.45, 2.75) is 31.2 Å². The Morgan fingerprint density at radius 1 is 1.26 bits per heavy atom. The molecule has 1 saturated carbocycles. The smallest absolute Gasteiger partial charge is 0.138 e. The maximum Gasteiger partial charge on any atom is 0.138 e. The van der Waals surface area contributed by atoms with Crippen molar-refractivity contribution in [3.05, 3.63) is 48.0 Å². The minimum atomic E-state index is 0.127. The normalized spacial score (nSPS) is 16.5. The van der Waals surface area contributed by atoms with E-state index in [9.17, 15) is 0 Å². The fourth-order valence-corrected chi connectivity index (χ4v) is 2.58. The molecule has 0 aliphatic heterocycles. The summed E-state index contributed by atoms with van der Waals surface area (Å²) in [5, 5.41) is 4.37. The molecule has 4 heteroatoms. The van der Waals surface area contributed by atoms with Gasteiger partial charge in [0.05, 0.1) is 12.0 Å². The van der Waals surface area contributed by atoms with Crippen molar-refractivity contribution in [2.75, 3.05) is 13.7 Å². The molecule has 0 saturated heterocycles. The molecule has 0 radical (unpaired) electrons. The van der Waals surface area contributed by atoms with Gasteiger partial charge in [-0.25, -0.2) is 9.67 Å². The number of nitrogens with zero attached hydrogens (tertiary/aromatic N) is 3. The summed E-state index contributed by atoms with van der Waals surface area (Å²) in [5.74, 6) is 1.09. The van der Waals surface area contributed by atoms with Gasteiger partial charge >= 0.3 is 0 Å². The van der Waals surface area contributed by atoms with E-state index >= 15 is 0 Å². The molecule has 1 heterocycles. The van der Waals surface area contributed by atoms with Crippen LogP contribution in [-0.2, 0) is 23.1 Å². The Bertz CT molecular complexity index is 531. The Balaban J connectivity index is 1.71. The Morgan fingerprint density at radius 2 is 2.05 bits per heavy atom. The first-order valence-electron chi connectivity index (χ1n) is 6.75. The van der Waals surface area contributed by atoms with E-state index in [0.717, 1.165) is 38.2 Å². The predicted octanol–water partition coefficient (Wildman–Crippen LogP) is 2.20. The lowest BCUT2D eigenvalue weighted by Gasteiger charge is -2.14. The summed E-state index contributed by atoms with van der Waals surface area (Å²) in [6.45, 7) is 1.63. The van der Waals surface area contributed by atoms with Crippen LogP contribution in [0.1, 0.15) is 24.2 Å². The molecule has 4 nitrogen and oxygen atoms in total. The van der Waals surface area contributed by atoms with Gasteiger partial charge in [0.1, 0.15) is 12.2 Å². The zero-order chi connectivity index (χ0) is 13.1. The van der Waals surface area contributed by atoms with Gasteiger partial charge in [-0.3, -0.25) is 0 Å². The fraction of sp³-hybridized carbons (Fsp3) is 0.467. The number of methoxy groups -OCH3 is 1. The lowest BCUT2D eigenvalue weighted by atomic mass is 10.1. The number of rotatable bonds is 6. The van der Waals surface area contributed by atoms with Crippen molar-refractivity contribution < 1.29 is 4.74 Å². The molecule has 1 aliphatic rings. The topological polar surface area (TPSA) is 39.9 Å². The highest BCUT2D eigenvalue weighted by Gasteiger charge is 2.48. The molecule has 1 fully saturated rings. The number of hydrogen-bond acceptors (Lipinski definition) is 3. The van der Waals surface area contributed by atoms with E-state index in [1.54, 1.807) is 13.4 Å². The predicted molar refractivity (Wildman–Crippen MR) is 73.0 cm³/mol. The first-order valence-corrected chi connectivity index (χ1v) is 6.75. The zero-order valence-electron chi connectivity index (χ0n) is 11.2. The SMILES string of the molecule is COCC1(c2ncnn2CCc2ccccc2)CC1. The number of ether oxygens (including phenoxy) is 1. The van der Waals surface area contributed by atoms with Gasteiger partial charge in [-0.1, -0.05) is 30.3 Å². The molecule has 100 valence electrons. The average Bonchev–Trinajstić information content (AvgIpc) is 3.06. The molecule has 0 N–H and O–H groups in total. The van der Waals surface area contributed by atoms with Crippen molar-refractivity contribution in [2.24, 2.45) is 0 Å². The molecule has 2 aromatic rings. The average molecular weight is 257 g/mol. The number of hydrogen-bond donors (Lipinski definition) is 0. The van der Waals surface area contributed by atoms with Crippen LogP contribution in [0.2, 0.25) is 0 Å². The van der Waals surface area contributed by atoms with Gasteiger partial charge < -0.3 is 4.74 Å². The van der Waals surface area contributed by atoms with Crippen molar-refractivity contribution in [3.63, 3.8) is 0 Å². The van der Waals surface area contributed by atoms with Gasteiger partial charge in [-0.2, -0.15) is 5.10 Å². The molecule has 0 bridgehead atoms. The van der Waals surface area contributed by atoms with Crippen molar-refractivity contribution >= 4 is 0 Å². The van der Waals surface area contributed by atoms with E-state index in [1.807, 2.05) is 10.7 Å². The summed E-state index contributed by atoms with van der Waals surface area (Å²) in [4.78, 5) is 4.45. The maximum atomic E-state index is 5.33. The van der Waals surface area contributed by atoms with Gasteiger partial charge in [0.25, 0.3) is 0 Å². The second-order valence-corrected chi connectivity index (χ2v) is 5.26. The molecule has 19 heavy (non-hydrogen) atoms. The highest BCUT2D eigenvalue weighted by molar-refractivity contribution is 5.19. The lowest BCUT2D eigenvalue weighted by molar-refractivity contribution is 0.166. The third kappa shape index (κ3) is 2.54. The van der Waals surface area contributed by atoms with Crippen molar-refractivity contribution in [1.82, 2.24) is 14.8 Å². The Morgan fingerprint density at radius 3 is 2.74 bits per heavy atom. The zero-order valence-corrected chi connectivity index (χ0v) is 11.2. The van der Waals surface area contributed by atoms with Gasteiger partial charge in [-0.15, -0.1) is 0 Å². The van der Waals surface area contributed by atoms with Gasteiger partial charge in [0, 0.05) is 13.7 Å². The molecular weight excluding hydrogens is 238 g/mol. The van der Waals surface area contributed by atoms with Crippen LogP contribution in [-0.4, -0.2) is 28.5 Å². The summed E-state index contributed by atoms with van der Waals surface area (Å²) in [5.41, 5.74) is 1.46. The first-order chi connectivity index (χ1) is 9.34. The molecule has 0 amide bonds. The highest BCUT2D eigenvalue weighted by Crippen LogP contribution is 2.47. The summed E-state index contributed by atoms with van der Waals surface area (Å²) < 4.78 is 7.37. The number of benzene rings is 1. The quantitative estimate of drug-likeness (QED) is 0.796. The summed E-state index contributed by atoms with van der Waals surface area (Å²) in [7, 11) is 1.75. The molecule has 1 aromatic heterocycles. The molecule has 0 unspecified atom stereocenters. The van der Waals surface area contributed by atoms with Gasteiger partial charge in [-0.05, 0) is 24.8 Å². The van der Waals surface area contributed by atoms with Gasteiger partial charge in [0.15, 0.2) is 0 Å². The molecule has 1 aliphatic carbocycles. The van der Waals surface area contributed by atoms with Crippen LogP contribution in [0, 0.1) is 0 Å². The van der Waals surface area contributed by atoms with E-state index in [0.29, 0.717) is 0 Å². The molecule has 0 atom stereocenters. The van der Waals surface area contributed by atoms with E-state index < -0.39 is 0 Å². The molecular formula is C15H19N3O. The molecule has 3 rings (SSSR count). The summed E-state index contributed by atoms with van der Waals surface area (Å²) in [6.07, 6.45) is 4.96. The second kappa shape index (κ2) is 5.13. The van der Waals surface area contributed by atoms with Crippen LogP contribution in [0.3, 0.4) is 0 Å². The number of aromatic nitrogens is 3. The largest absolute Gasteiger partial charge is 0.384 e. The van der Waals surface area contributed by atoms with Crippen LogP contribution in [0.25, 0.3) is 0 Å². The Kier molecular flexibility index (Phi) is 3.34. The van der Waals surface area contributed by atoms with Crippen LogP contribution in [0.15, 0.2) is 36.7 Å².